The summed E-state index contributed by atoms with van der Waals surface area (Å²) < 4.78 is 17.0. The third-order valence-corrected chi connectivity index (χ3v) is 9.32. The van der Waals surface area contributed by atoms with Crippen LogP contribution >= 0.6 is 0 Å². The first kappa shape index (κ1) is 18.0. The molecular weight excluding hydrogens is 262 g/mol. The quantitative estimate of drug-likeness (QED) is 0.624. The average molecular weight is 292 g/mol. The van der Waals surface area contributed by atoms with E-state index < -0.39 is 24.1 Å². The molecule has 3 nitrogen and oxygen atoms in total. The van der Waals surface area contributed by atoms with Gasteiger partial charge in [0.05, 0.1) is 21.8 Å². The third-order valence-electron chi connectivity index (χ3n) is 3.57. The second kappa shape index (κ2) is 5.99. The molecule has 2 atom stereocenters. The van der Waals surface area contributed by atoms with E-state index in [4.69, 9.17) is 9.56 Å². The smallest absolute Gasteiger partial charge is 0.192 e. The van der Waals surface area contributed by atoms with Crippen LogP contribution in [-0.4, -0.2) is 23.4 Å². The Morgan fingerprint density at radius 3 is 2.00 bits per heavy atom. The van der Waals surface area contributed by atoms with E-state index >= 15 is 0 Å². The third kappa shape index (κ3) is 5.34. The number of nitrogens with two attached hydrogens (primary N) is 1. The molecule has 5 heteroatoms. The van der Waals surface area contributed by atoms with Gasteiger partial charge in [-0.1, -0.05) is 32.9 Å². The molecule has 0 bridgehead atoms. The summed E-state index contributed by atoms with van der Waals surface area (Å²) in [6.07, 6.45) is 3.88. The van der Waals surface area contributed by atoms with Crippen molar-refractivity contribution in [1.29, 1.82) is 0 Å². The normalized spacial score (nSPS) is 18.1. The van der Waals surface area contributed by atoms with E-state index in [-0.39, 0.29) is 11.1 Å². The molecular formula is C13H29NO2SSi. The summed E-state index contributed by atoms with van der Waals surface area (Å²) in [7, 11) is -3.11. The topological polar surface area (TPSA) is 52.3 Å². The summed E-state index contributed by atoms with van der Waals surface area (Å²) in [5, 5.41) is 5.64. The van der Waals surface area contributed by atoms with Gasteiger partial charge in [0.1, 0.15) is 0 Å². The van der Waals surface area contributed by atoms with Crippen molar-refractivity contribution in [3.8, 4) is 0 Å². The van der Waals surface area contributed by atoms with E-state index in [1.54, 1.807) is 0 Å². The van der Waals surface area contributed by atoms with Gasteiger partial charge >= 0.3 is 0 Å². The van der Waals surface area contributed by atoms with Crippen molar-refractivity contribution < 1.29 is 8.63 Å². The molecule has 0 aliphatic heterocycles. The molecule has 0 saturated carbocycles. The molecule has 0 heterocycles. The molecule has 0 aromatic heterocycles. The largest absolute Gasteiger partial charge is 0.411 e. The lowest BCUT2D eigenvalue weighted by atomic mass is 10.2. The average Bonchev–Trinajstić information content (AvgIpc) is 2.12. The minimum atomic E-state index is -1.75. The molecule has 0 spiro atoms. The van der Waals surface area contributed by atoms with Gasteiger partial charge in [-0.05, 0) is 38.9 Å². The Bertz CT molecular complexity index is 332. The molecule has 0 aromatic carbocycles. The highest BCUT2D eigenvalue weighted by molar-refractivity contribution is 7.84. The monoisotopic (exact) mass is 291 g/mol. The SMILES string of the molecule is C[C@H](/C=C/C(C)(C)S(N)=O)O[Si](C)(C)C(C)(C)C. The molecule has 2 N–H and O–H groups in total. The minimum absolute atomic E-state index is 0.0220. The Balaban J connectivity index is 4.68. The first-order chi connectivity index (χ1) is 7.79. The van der Waals surface area contributed by atoms with Gasteiger partial charge in [0.25, 0.3) is 0 Å². The van der Waals surface area contributed by atoms with Gasteiger partial charge in [0.2, 0.25) is 0 Å². The second-order valence-corrected chi connectivity index (χ2v) is 13.2. The maximum absolute atomic E-state index is 11.3. The highest BCUT2D eigenvalue weighted by atomic mass is 32.2. The molecule has 0 amide bonds. The fraction of sp³-hybridized carbons (Fsp3) is 0.846. The summed E-state index contributed by atoms with van der Waals surface area (Å²) in [6.45, 7) is 16.8. The van der Waals surface area contributed by atoms with Gasteiger partial charge in [-0.25, -0.2) is 4.21 Å². The van der Waals surface area contributed by atoms with Crippen molar-refractivity contribution >= 4 is 19.3 Å². The Morgan fingerprint density at radius 2 is 1.67 bits per heavy atom. The first-order valence-corrected chi connectivity index (χ1v) is 10.5. The summed E-state index contributed by atoms with van der Waals surface area (Å²) in [5.74, 6) is 0. The lowest BCUT2D eigenvalue weighted by molar-refractivity contribution is 0.243. The van der Waals surface area contributed by atoms with Gasteiger partial charge in [-0.15, -0.1) is 0 Å². The van der Waals surface area contributed by atoms with Crippen molar-refractivity contribution in [2.24, 2.45) is 5.14 Å². The van der Waals surface area contributed by atoms with E-state index in [0.29, 0.717) is 0 Å². The number of rotatable bonds is 5. The Hall–Kier alpha value is 0.0269. The van der Waals surface area contributed by atoms with Crippen molar-refractivity contribution in [2.45, 2.75) is 70.5 Å². The van der Waals surface area contributed by atoms with Crippen molar-refractivity contribution in [3.63, 3.8) is 0 Å². The standard InChI is InChI=1S/C13H29NO2SSi/c1-11(9-10-13(5,6)17(14)15)16-18(7,8)12(2,3)4/h9-11H,14H2,1-8H3/b10-9+/t11-,17?/m1/s1. The Kier molecular flexibility index (Phi) is 6.00. The molecule has 0 aliphatic carbocycles. The zero-order valence-electron chi connectivity index (χ0n) is 13.0. The van der Waals surface area contributed by atoms with Gasteiger partial charge in [0, 0.05) is 0 Å². The van der Waals surface area contributed by atoms with Crippen LogP contribution in [0.4, 0.5) is 0 Å². The van der Waals surface area contributed by atoms with Crippen LogP contribution in [0.25, 0.3) is 0 Å². The second-order valence-electron chi connectivity index (χ2n) is 6.84. The molecule has 0 saturated heterocycles. The molecule has 0 aliphatic rings. The summed E-state index contributed by atoms with van der Waals surface area (Å²) in [6, 6.07) is 0. The van der Waals surface area contributed by atoms with E-state index in [0.717, 1.165) is 0 Å². The summed E-state index contributed by atoms with van der Waals surface area (Å²) >= 11 is 0. The molecule has 1 unspecified atom stereocenters. The predicted octanol–water partition coefficient (Wildman–Crippen LogP) is 3.35. The van der Waals surface area contributed by atoms with Crippen LogP contribution in [0, 0.1) is 0 Å². The van der Waals surface area contributed by atoms with Crippen LogP contribution in [-0.2, 0) is 15.4 Å². The van der Waals surface area contributed by atoms with Crippen LogP contribution in [0.5, 0.6) is 0 Å². The number of hydrogen-bond acceptors (Lipinski definition) is 2. The lowest BCUT2D eigenvalue weighted by Gasteiger charge is -2.38. The minimum Gasteiger partial charge on any atom is -0.411 e. The lowest BCUT2D eigenvalue weighted by Crippen LogP contribution is -2.43. The van der Waals surface area contributed by atoms with Crippen LogP contribution in [0.15, 0.2) is 12.2 Å². The van der Waals surface area contributed by atoms with Crippen molar-refractivity contribution in [2.75, 3.05) is 0 Å². The van der Waals surface area contributed by atoms with E-state index in [1.807, 2.05) is 32.9 Å². The molecule has 0 rings (SSSR count). The van der Waals surface area contributed by atoms with Crippen LogP contribution in [0.2, 0.25) is 18.1 Å². The molecule has 18 heavy (non-hydrogen) atoms. The highest BCUT2D eigenvalue weighted by Gasteiger charge is 2.38. The van der Waals surface area contributed by atoms with Crippen molar-refractivity contribution in [3.05, 3.63) is 12.2 Å². The van der Waals surface area contributed by atoms with E-state index in [1.165, 1.54) is 0 Å². The first-order valence-electron chi connectivity index (χ1n) is 6.33. The zero-order valence-corrected chi connectivity index (χ0v) is 14.9. The predicted molar refractivity (Wildman–Crippen MR) is 83.3 cm³/mol. The van der Waals surface area contributed by atoms with Crippen LogP contribution in [0.3, 0.4) is 0 Å². The van der Waals surface area contributed by atoms with Gasteiger partial charge in [0.15, 0.2) is 8.32 Å². The molecule has 0 aromatic rings. The fourth-order valence-corrected chi connectivity index (χ4v) is 2.69. The summed E-state index contributed by atoms with van der Waals surface area (Å²) in [5.41, 5.74) is 0. The van der Waals surface area contributed by atoms with Gasteiger partial charge in [-0.3, -0.25) is 5.14 Å². The number of hydrogen-bond donors (Lipinski definition) is 1. The maximum atomic E-state index is 11.3. The fourth-order valence-electron chi connectivity index (χ4n) is 1.12. The molecule has 0 fully saturated rings. The van der Waals surface area contributed by atoms with Crippen molar-refractivity contribution in [1.82, 2.24) is 0 Å². The van der Waals surface area contributed by atoms with E-state index in [2.05, 4.69) is 33.9 Å². The van der Waals surface area contributed by atoms with Gasteiger partial charge in [-0.2, -0.15) is 0 Å². The van der Waals surface area contributed by atoms with Gasteiger partial charge < -0.3 is 4.43 Å². The highest BCUT2D eigenvalue weighted by Crippen LogP contribution is 2.37. The van der Waals surface area contributed by atoms with Crippen LogP contribution in [0.1, 0.15) is 41.5 Å². The molecule has 0 radical (unpaired) electrons. The Morgan fingerprint density at radius 1 is 1.22 bits per heavy atom. The zero-order chi connectivity index (χ0) is 14.8. The molecule has 108 valence electrons. The van der Waals surface area contributed by atoms with Crippen LogP contribution < -0.4 is 5.14 Å². The van der Waals surface area contributed by atoms with E-state index in [9.17, 15) is 4.21 Å². The maximum Gasteiger partial charge on any atom is 0.192 e. The summed E-state index contributed by atoms with van der Waals surface area (Å²) in [4.78, 5) is 0. The Labute approximate surface area is 116 Å².